The van der Waals surface area contributed by atoms with Crippen LogP contribution in [0.2, 0.25) is 0 Å². The summed E-state index contributed by atoms with van der Waals surface area (Å²) < 4.78 is 32.9. The molecule has 2 fully saturated rings. The number of piperidine rings is 1. The summed E-state index contributed by atoms with van der Waals surface area (Å²) in [7, 11) is 1.24. The number of rotatable bonds is 5. The Morgan fingerprint density at radius 1 is 1.11 bits per heavy atom. The standard InChI is InChI=1S/C19H30N4O4S/c1-20(2)28(25,26)23-10-6-7-16(15-23)19(24)22-13-11-21(12-14-22)17-8-4-5-9-18(17)27-3/h4-5,8-9,16H,6-7,10-15H2,1-3H3/t16-/m0/s1. The van der Waals surface area contributed by atoms with Crippen molar-refractivity contribution in [2.24, 2.45) is 5.92 Å². The SMILES string of the molecule is COc1ccccc1N1CCN(C(=O)[C@H]2CCCN(S(=O)(=O)N(C)C)C2)CC1. The largest absolute Gasteiger partial charge is 0.495 e. The number of methoxy groups -OCH3 is 1. The Morgan fingerprint density at radius 3 is 2.43 bits per heavy atom. The highest BCUT2D eigenvalue weighted by Gasteiger charge is 2.36. The van der Waals surface area contributed by atoms with Crippen LogP contribution >= 0.6 is 0 Å². The van der Waals surface area contributed by atoms with E-state index in [4.69, 9.17) is 4.74 Å². The van der Waals surface area contributed by atoms with E-state index in [1.165, 1.54) is 22.7 Å². The zero-order chi connectivity index (χ0) is 20.3. The van der Waals surface area contributed by atoms with E-state index in [9.17, 15) is 13.2 Å². The van der Waals surface area contributed by atoms with Gasteiger partial charge in [0.15, 0.2) is 0 Å². The highest BCUT2D eigenvalue weighted by molar-refractivity contribution is 7.86. The molecule has 1 aromatic rings. The summed E-state index contributed by atoms with van der Waals surface area (Å²) in [6.07, 6.45) is 1.45. The molecular formula is C19H30N4O4S. The molecule has 1 atom stereocenters. The minimum absolute atomic E-state index is 0.0679. The molecule has 0 radical (unpaired) electrons. The molecule has 2 aliphatic rings. The number of piperazine rings is 1. The fourth-order valence-corrected chi connectivity index (χ4v) is 5.09. The molecular weight excluding hydrogens is 380 g/mol. The molecule has 0 bridgehead atoms. The van der Waals surface area contributed by atoms with Gasteiger partial charge in [0.2, 0.25) is 5.91 Å². The molecule has 28 heavy (non-hydrogen) atoms. The van der Waals surface area contributed by atoms with E-state index in [1.54, 1.807) is 7.11 Å². The van der Waals surface area contributed by atoms with Crippen LogP contribution in [0.4, 0.5) is 5.69 Å². The van der Waals surface area contributed by atoms with Gasteiger partial charge in [-0.05, 0) is 25.0 Å². The normalized spacial score (nSPS) is 21.8. The maximum atomic E-state index is 13.0. The first kappa shape index (κ1) is 20.9. The summed E-state index contributed by atoms with van der Waals surface area (Å²) in [6, 6.07) is 7.89. The zero-order valence-corrected chi connectivity index (χ0v) is 17.7. The number of nitrogens with zero attached hydrogens (tertiary/aromatic N) is 4. The second kappa shape index (κ2) is 8.67. The Labute approximate surface area is 167 Å². The first-order valence-corrected chi connectivity index (χ1v) is 11.1. The van der Waals surface area contributed by atoms with Crippen molar-refractivity contribution in [1.82, 2.24) is 13.5 Å². The highest BCUT2D eigenvalue weighted by atomic mass is 32.2. The van der Waals surface area contributed by atoms with Crippen molar-refractivity contribution in [1.29, 1.82) is 0 Å². The highest BCUT2D eigenvalue weighted by Crippen LogP contribution is 2.29. The Kier molecular flexibility index (Phi) is 6.47. The van der Waals surface area contributed by atoms with Gasteiger partial charge in [-0.15, -0.1) is 0 Å². The number of hydrogen-bond donors (Lipinski definition) is 0. The minimum atomic E-state index is -3.48. The monoisotopic (exact) mass is 410 g/mol. The van der Waals surface area contributed by atoms with Crippen LogP contribution < -0.4 is 9.64 Å². The Morgan fingerprint density at radius 2 is 1.79 bits per heavy atom. The van der Waals surface area contributed by atoms with Gasteiger partial charge >= 0.3 is 0 Å². The van der Waals surface area contributed by atoms with Crippen LogP contribution in [0.15, 0.2) is 24.3 Å². The van der Waals surface area contributed by atoms with Gasteiger partial charge in [0.1, 0.15) is 5.75 Å². The number of anilines is 1. The number of hydrogen-bond acceptors (Lipinski definition) is 5. The third kappa shape index (κ3) is 4.26. The molecule has 2 aliphatic heterocycles. The van der Waals surface area contributed by atoms with Crippen molar-refractivity contribution < 1.29 is 17.9 Å². The summed E-state index contributed by atoms with van der Waals surface area (Å²) >= 11 is 0. The van der Waals surface area contributed by atoms with Gasteiger partial charge in [-0.3, -0.25) is 4.79 Å². The smallest absolute Gasteiger partial charge is 0.281 e. The van der Waals surface area contributed by atoms with Crippen LogP contribution in [0.5, 0.6) is 5.75 Å². The van der Waals surface area contributed by atoms with Crippen LogP contribution in [-0.4, -0.2) is 88.3 Å². The second-order valence-corrected chi connectivity index (χ2v) is 9.61. The lowest BCUT2D eigenvalue weighted by Gasteiger charge is -2.40. The van der Waals surface area contributed by atoms with Crippen molar-refractivity contribution >= 4 is 21.8 Å². The summed E-state index contributed by atoms with van der Waals surface area (Å²) in [4.78, 5) is 17.1. The molecule has 9 heteroatoms. The first-order valence-electron chi connectivity index (χ1n) is 9.69. The van der Waals surface area contributed by atoms with E-state index in [0.717, 1.165) is 30.9 Å². The fraction of sp³-hybridized carbons (Fsp3) is 0.632. The van der Waals surface area contributed by atoms with Gasteiger partial charge in [-0.25, -0.2) is 0 Å². The van der Waals surface area contributed by atoms with Crippen molar-refractivity contribution in [3.05, 3.63) is 24.3 Å². The van der Waals surface area contributed by atoms with Crippen molar-refractivity contribution in [3.8, 4) is 5.75 Å². The Bertz CT molecular complexity index is 791. The number of amides is 1. The van der Waals surface area contributed by atoms with Gasteiger partial charge in [-0.2, -0.15) is 17.0 Å². The van der Waals surface area contributed by atoms with Gasteiger partial charge in [-0.1, -0.05) is 12.1 Å². The molecule has 8 nitrogen and oxygen atoms in total. The molecule has 3 rings (SSSR count). The van der Waals surface area contributed by atoms with Crippen molar-refractivity contribution in [2.75, 3.05) is 65.4 Å². The van der Waals surface area contributed by atoms with Crippen LogP contribution in [0.3, 0.4) is 0 Å². The fourth-order valence-electron chi connectivity index (χ4n) is 3.90. The third-order valence-electron chi connectivity index (χ3n) is 5.54. The predicted octanol–water partition coefficient (Wildman–Crippen LogP) is 0.862. The Balaban J connectivity index is 1.61. The lowest BCUT2D eigenvalue weighted by molar-refractivity contribution is -0.137. The van der Waals surface area contributed by atoms with Crippen molar-refractivity contribution in [2.45, 2.75) is 12.8 Å². The molecule has 0 saturated carbocycles. The molecule has 0 unspecified atom stereocenters. The summed E-state index contributed by atoms with van der Waals surface area (Å²) in [5, 5.41) is 0. The van der Waals surface area contributed by atoms with E-state index < -0.39 is 10.2 Å². The maximum Gasteiger partial charge on any atom is 0.281 e. The number of ether oxygens (including phenoxy) is 1. The molecule has 1 aromatic carbocycles. The molecule has 156 valence electrons. The van der Waals surface area contributed by atoms with E-state index in [1.807, 2.05) is 29.2 Å². The summed E-state index contributed by atoms with van der Waals surface area (Å²) in [5.74, 6) is 0.638. The second-order valence-electron chi connectivity index (χ2n) is 7.47. The van der Waals surface area contributed by atoms with E-state index in [-0.39, 0.29) is 18.4 Å². The van der Waals surface area contributed by atoms with E-state index in [0.29, 0.717) is 26.1 Å². The average molecular weight is 411 g/mol. The number of carbonyl (C=O) groups excluding carboxylic acids is 1. The molecule has 0 spiro atoms. The lowest BCUT2D eigenvalue weighted by Crippen LogP contribution is -2.54. The summed E-state index contributed by atoms with van der Waals surface area (Å²) in [6.45, 7) is 3.48. The topological polar surface area (TPSA) is 73.4 Å². The number of benzene rings is 1. The molecule has 0 N–H and O–H groups in total. The van der Waals surface area contributed by atoms with Gasteiger partial charge in [0.25, 0.3) is 10.2 Å². The molecule has 2 heterocycles. The zero-order valence-electron chi connectivity index (χ0n) is 16.9. The van der Waals surface area contributed by atoms with Crippen LogP contribution in [0.25, 0.3) is 0 Å². The van der Waals surface area contributed by atoms with Crippen LogP contribution in [0, 0.1) is 5.92 Å². The predicted molar refractivity (Wildman–Crippen MR) is 109 cm³/mol. The Hall–Kier alpha value is -1.84. The maximum absolute atomic E-state index is 13.0. The molecule has 0 aromatic heterocycles. The quantitative estimate of drug-likeness (QED) is 0.720. The molecule has 0 aliphatic carbocycles. The average Bonchev–Trinajstić information content (AvgIpc) is 2.73. The third-order valence-corrected chi connectivity index (χ3v) is 7.45. The molecule has 2 saturated heterocycles. The van der Waals surface area contributed by atoms with Crippen LogP contribution in [-0.2, 0) is 15.0 Å². The van der Waals surface area contributed by atoms with Gasteiger partial charge in [0.05, 0.1) is 18.7 Å². The minimum Gasteiger partial charge on any atom is -0.495 e. The van der Waals surface area contributed by atoms with E-state index >= 15 is 0 Å². The van der Waals surface area contributed by atoms with Gasteiger partial charge < -0.3 is 14.5 Å². The van der Waals surface area contributed by atoms with E-state index in [2.05, 4.69) is 4.90 Å². The number of para-hydroxylation sites is 2. The molecule has 1 amide bonds. The summed E-state index contributed by atoms with van der Waals surface area (Å²) in [5.41, 5.74) is 1.04. The first-order chi connectivity index (χ1) is 13.3. The number of carbonyl (C=O) groups is 1. The lowest BCUT2D eigenvalue weighted by atomic mass is 9.97. The van der Waals surface area contributed by atoms with Gasteiger partial charge in [0, 0.05) is 53.4 Å². The van der Waals surface area contributed by atoms with Crippen molar-refractivity contribution in [3.63, 3.8) is 0 Å². The van der Waals surface area contributed by atoms with Crippen LogP contribution in [0.1, 0.15) is 12.8 Å².